The molecule has 0 spiro atoms. The number of amides is 1. The number of aryl methyl sites for hydroxylation is 2. The second kappa shape index (κ2) is 6.25. The average Bonchev–Trinajstić information content (AvgIpc) is 2.30. The number of ether oxygens (including phenoxy) is 1. The van der Waals surface area contributed by atoms with E-state index in [0.29, 0.717) is 16.9 Å². The summed E-state index contributed by atoms with van der Waals surface area (Å²) in [5.41, 5.74) is 1.33. The highest BCUT2D eigenvalue weighted by Gasteiger charge is 2.15. The van der Waals surface area contributed by atoms with Crippen LogP contribution in [0.25, 0.3) is 0 Å². The van der Waals surface area contributed by atoms with Gasteiger partial charge in [0.2, 0.25) is 5.91 Å². The summed E-state index contributed by atoms with van der Waals surface area (Å²) >= 11 is 0. The van der Waals surface area contributed by atoms with Gasteiger partial charge in [-0.15, -0.1) is 0 Å². The van der Waals surface area contributed by atoms with Gasteiger partial charge in [0.1, 0.15) is 5.75 Å². The van der Waals surface area contributed by atoms with Crippen molar-refractivity contribution in [3.8, 4) is 5.75 Å². The smallest absolute Gasteiger partial charge is 0.261 e. The molecular formula is C12H16ClNO4S. The molecule has 106 valence electrons. The van der Waals surface area contributed by atoms with Crippen molar-refractivity contribution >= 4 is 25.6 Å². The molecule has 7 heteroatoms. The predicted octanol–water partition coefficient (Wildman–Crippen LogP) is 1.75. The van der Waals surface area contributed by atoms with Crippen molar-refractivity contribution in [3.05, 3.63) is 23.3 Å². The molecule has 0 fully saturated rings. The lowest BCUT2D eigenvalue weighted by Crippen LogP contribution is -2.20. The molecule has 1 aromatic carbocycles. The largest absolute Gasteiger partial charge is 0.493 e. The van der Waals surface area contributed by atoms with Crippen LogP contribution in [0.5, 0.6) is 5.75 Å². The maximum absolute atomic E-state index is 11.3. The van der Waals surface area contributed by atoms with E-state index in [9.17, 15) is 13.2 Å². The van der Waals surface area contributed by atoms with E-state index >= 15 is 0 Å². The summed E-state index contributed by atoms with van der Waals surface area (Å²) in [4.78, 5) is 11.1. The van der Waals surface area contributed by atoms with Gasteiger partial charge in [-0.25, -0.2) is 8.42 Å². The van der Waals surface area contributed by atoms with Gasteiger partial charge in [-0.2, -0.15) is 0 Å². The lowest BCUT2D eigenvalue weighted by molar-refractivity contribution is -0.121. The fourth-order valence-electron chi connectivity index (χ4n) is 1.65. The summed E-state index contributed by atoms with van der Waals surface area (Å²) < 4.78 is 28.0. The molecule has 1 N–H and O–H groups in total. The van der Waals surface area contributed by atoms with Crippen LogP contribution in [0, 0.1) is 13.8 Å². The number of nitrogens with one attached hydrogen (secondary N) is 1. The Morgan fingerprint density at radius 3 is 2.26 bits per heavy atom. The van der Waals surface area contributed by atoms with Crippen LogP contribution in [0.1, 0.15) is 17.5 Å². The number of halogens is 1. The Bertz CT molecular complexity index is 560. The zero-order valence-corrected chi connectivity index (χ0v) is 12.6. The highest BCUT2D eigenvalue weighted by atomic mass is 35.7. The summed E-state index contributed by atoms with van der Waals surface area (Å²) in [5, 5.41) is 2.49. The Hall–Kier alpha value is -1.27. The molecule has 0 aliphatic rings. The lowest BCUT2D eigenvalue weighted by Gasteiger charge is -2.13. The molecule has 0 saturated heterocycles. The average molecular weight is 306 g/mol. The SMILES string of the molecule is CNC(=O)CCOc1c(C)cc(S(=O)(=O)Cl)cc1C. The van der Waals surface area contributed by atoms with E-state index in [1.807, 2.05) is 0 Å². The van der Waals surface area contributed by atoms with Gasteiger partial charge < -0.3 is 10.1 Å². The normalized spacial score (nSPS) is 11.2. The van der Waals surface area contributed by atoms with E-state index in [0.717, 1.165) is 0 Å². The standard InChI is InChI=1S/C12H16ClNO4S/c1-8-6-10(19(13,16)17)7-9(2)12(8)18-5-4-11(15)14-3/h6-7H,4-5H2,1-3H3,(H,14,15). The fourth-order valence-corrected chi connectivity index (χ4v) is 2.55. The molecule has 1 rings (SSSR count). The van der Waals surface area contributed by atoms with Crippen molar-refractivity contribution in [1.29, 1.82) is 0 Å². The molecule has 0 heterocycles. The molecule has 0 aliphatic carbocycles. The Morgan fingerprint density at radius 1 is 1.32 bits per heavy atom. The Kier molecular flexibility index (Phi) is 5.20. The number of hydrogen-bond donors (Lipinski definition) is 1. The fraction of sp³-hybridized carbons (Fsp3) is 0.417. The molecule has 1 aromatic rings. The molecular weight excluding hydrogens is 290 g/mol. The van der Waals surface area contributed by atoms with Crippen molar-refractivity contribution in [3.63, 3.8) is 0 Å². The van der Waals surface area contributed by atoms with Gasteiger partial charge in [0.15, 0.2) is 0 Å². The first kappa shape index (κ1) is 15.8. The molecule has 0 bridgehead atoms. The van der Waals surface area contributed by atoms with Gasteiger partial charge in [-0.05, 0) is 37.1 Å². The number of carbonyl (C=O) groups is 1. The van der Waals surface area contributed by atoms with Gasteiger partial charge in [0.25, 0.3) is 9.05 Å². The number of hydrogen-bond acceptors (Lipinski definition) is 4. The van der Waals surface area contributed by atoms with Crippen LogP contribution < -0.4 is 10.1 Å². The zero-order valence-electron chi connectivity index (χ0n) is 11.0. The molecule has 19 heavy (non-hydrogen) atoms. The third-order valence-corrected chi connectivity index (χ3v) is 3.90. The zero-order chi connectivity index (χ0) is 14.6. The van der Waals surface area contributed by atoms with Gasteiger partial charge >= 0.3 is 0 Å². The minimum absolute atomic E-state index is 0.0443. The minimum atomic E-state index is -3.75. The van der Waals surface area contributed by atoms with Crippen LogP contribution in [0.4, 0.5) is 0 Å². The van der Waals surface area contributed by atoms with Gasteiger partial charge in [-0.1, -0.05) is 0 Å². The summed E-state index contributed by atoms with van der Waals surface area (Å²) in [7, 11) is 3.10. The Labute approximate surface area is 117 Å². The third kappa shape index (κ3) is 4.40. The van der Waals surface area contributed by atoms with E-state index in [1.54, 1.807) is 20.9 Å². The quantitative estimate of drug-likeness (QED) is 0.841. The van der Waals surface area contributed by atoms with E-state index in [4.69, 9.17) is 15.4 Å². The second-order valence-corrected chi connectivity index (χ2v) is 6.66. The maximum atomic E-state index is 11.3. The first-order valence-electron chi connectivity index (χ1n) is 5.65. The predicted molar refractivity (Wildman–Crippen MR) is 73.1 cm³/mol. The summed E-state index contributed by atoms with van der Waals surface area (Å²) in [6.07, 6.45) is 0.241. The van der Waals surface area contributed by atoms with Crippen LogP contribution >= 0.6 is 10.7 Å². The van der Waals surface area contributed by atoms with Crippen molar-refractivity contribution < 1.29 is 17.9 Å². The van der Waals surface area contributed by atoms with Gasteiger partial charge in [0, 0.05) is 17.7 Å². The molecule has 1 amide bonds. The van der Waals surface area contributed by atoms with E-state index < -0.39 is 9.05 Å². The summed E-state index contributed by atoms with van der Waals surface area (Å²) in [6.45, 7) is 3.69. The van der Waals surface area contributed by atoms with Gasteiger partial charge in [0.05, 0.1) is 17.9 Å². The number of carbonyl (C=O) groups excluding carboxylic acids is 1. The van der Waals surface area contributed by atoms with E-state index in [1.165, 1.54) is 12.1 Å². The first-order valence-corrected chi connectivity index (χ1v) is 7.96. The minimum Gasteiger partial charge on any atom is -0.493 e. The van der Waals surface area contributed by atoms with E-state index in [2.05, 4.69) is 5.32 Å². The topological polar surface area (TPSA) is 72.5 Å². The van der Waals surface area contributed by atoms with Crippen LogP contribution in [0.3, 0.4) is 0 Å². The van der Waals surface area contributed by atoms with Gasteiger partial charge in [-0.3, -0.25) is 4.79 Å². The third-order valence-electron chi connectivity index (χ3n) is 2.57. The van der Waals surface area contributed by atoms with Crippen molar-refractivity contribution in [2.24, 2.45) is 0 Å². The van der Waals surface area contributed by atoms with Crippen LogP contribution in [0.2, 0.25) is 0 Å². The van der Waals surface area contributed by atoms with Crippen molar-refractivity contribution in [2.45, 2.75) is 25.2 Å². The summed E-state index contributed by atoms with van der Waals surface area (Å²) in [6, 6.07) is 2.90. The van der Waals surface area contributed by atoms with Crippen LogP contribution in [-0.4, -0.2) is 28.0 Å². The molecule has 5 nitrogen and oxygen atoms in total. The Balaban J connectivity index is 2.89. The van der Waals surface area contributed by atoms with Crippen molar-refractivity contribution in [2.75, 3.05) is 13.7 Å². The highest BCUT2D eigenvalue weighted by molar-refractivity contribution is 8.13. The highest BCUT2D eigenvalue weighted by Crippen LogP contribution is 2.28. The molecule has 0 unspecified atom stereocenters. The first-order chi connectivity index (χ1) is 8.75. The molecule has 0 aromatic heterocycles. The van der Waals surface area contributed by atoms with Crippen LogP contribution in [0.15, 0.2) is 17.0 Å². The monoisotopic (exact) mass is 305 g/mol. The number of rotatable bonds is 5. The lowest BCUT2D eigenvalue weighted by atomic mass is 10.1. The molecule has 0 saturated carbocycles. The second-order valence-electron chi connectivity index (χ2n) is 4.10. The molecule has 0 radical (unpaired) electrons. The maximum Gasteiger partial charge on any atom is 0.261 e. The molecule has 0 atom stereocenters. The summed E-state index contributed by atoms with van der Waals surface area (Å²) in [5.74, 6) is 0.461. The number of benzene rings is 1. The Morgan fingerprint density at radius 2 is 1.84 bits per heavy atom. The van der Waals surface area contributed by atoms with Crippen LogP contribution in [-0.2, 0) is 13.8 Å². The van der Waals surface area contributed by atoms with Crippen molar-refractivity contribution in [1.82, 2.24) is 5.32 Å². The van der Waals surface area contributed by atoms with E-state index in [-0.39, 0.29) is 23.8 Å². The molecule has 0 aliphatic heterocycles.